The van der Waals surface area contributed by atoms with Gasteiger partial charge in [0.05, 0.1) is 12.2 Å². The maximum Gasteiger partial charge on any atom is 0.0631 e. The third-order valence-corrected chi connectivity index (χ3v) is 13.2. The van der Waals surface area contributed by atoms with E-state index in [1.807, 2.05) is 12.3 Å². The molecule has 178 valence electrons. The van der Waals surface area contributed by atoms with E-state index in [0.717, 1.165) is 44.2 Å². The molecule has 4 saturated carbocycles. The van der Waals surface area contributed by atoms with Crippen LogP contribution in [0.15, 0.2) is 24.4 Å². The maximum atomic E-state index is 11.8. The van der Waals surface area contributed by atoms with Crippen molar-refractivity contribution in [3.05, 3.63) is 30.1 Å². The van der Waals surface area contributed by atoms with Crippen LogP contribution in [-0.2, 0) is 6.42 Å². The summed E-state index contributed by atoms with van der Waals surface area (Å²) in [6.07, 6.45) is 11.1. The third-order valence-electron chi connectivity index (χ3n) is 13.2. The van der Waals surface area contributed by atoms with Crippen molar-refractivity contribution in [3.8, 4) is 0 Å². The molecule has 0 amide bonds. The number of rotatable bonds is 2. The molecule has 1 aromatic rings. The number of aliphatic hydroxyl groups is 2. The molecule has 2 N–H and O–H groups in total. The van der Waals surface area contributed by atoms with Crippen LogP contribution in [0.25, 0.3) is 0 Å². The summed E-state index contributed by atoms with van der Waals surface area (Å²) in [4.78, 5) is 4.60. The Bertz CT molecular complexity index is 888. The quantitative estimate of drug-likeness (QED) is 0.579. The lowest BCUT2D eigenvalue weighted by Crippen LogP contribution is -2.70. The lowest BCUT2D eigenvalue weighted by Gasteiger charge is -2.77. The number of aromatic nitrogens is 1. The summed E-state index contributed by atoms with van der Waals surface area (Å²) in [5, 5.41) is 22.4. The Kier molecular flexibility index (Phi) is 4.86. The molecule has 1 heterocycles. The second-order valence-corrected chi connectivity index (χ2v) is 13.6. The second-order valence-electron chi connectivity index (χ2n) is 13.6. The number of hydrogen-bond donors (Lipinski definition) is 2. The van der Waals surface area contributed by atoms with E-state index in [-0.39, 0.29) is 50.6 Å². The minimum Gasteiger partial charge on any atom is -0.393 e. The van der Waals surface area contributed by atoms with E-state index in [0.29, 0.717) is 0 Å². The fraction of sp³-hybridized carbons (Fsp3) is 0.828. The summed E-state index contributed by atoms with van der Waals surface area (Å²) < 4.78 is 0. The van der Waals surface area contributed by atoms with Crippen molar-refractivity contribution in [1.29, 1.82) is 0 Å². The third kappa shape index (κ3) is 2.48. The van der Waals surface area contributed by atoms with E-state index in [9.17, 15) is 10.2 Å². The Morgan fingerprint density at radius 2 is 1.50 bits per heavy atom. The zero-order valence-electron chi connectivity index (χ0n) is 21.2. The smallest absolute Gasteiger partial charge is 0.0631 e. The van der Waals surface area contributed by atoms with Gasteiger partial charge in [0, 0.05) is 11.9 Å². The van der Waals surface area contributed by atoms with Gasteiger partial charge in [0.15, 0.2) is 0 Å². The summed E-state index contributed by atoms with van der Waals surface area (Å²) in [5.41, 5.74) is 1.95. The topological polar surface area (TPSA) is 53.4 Å². The van der Waals surface area contributed by atoms with Crippen molar-refractivity contribution in [2.75, 3.05) is 0 Å². The second kappa shape index (κ2) is 6.81. The van der Waals surface area contributed by atoms with Crippen LogP contribution >= 0.6 is 0 Å². The molecule has 9 atom stereocenters. The van der Waals surface area contributed by atoms with Crippen LogP contribution in [0.3, 0.4) is 0 Å². The first-order valence-corrected chi connectivity index (χ1v) is 13.1. The lowest BCUT2D eigenvalue weighted by molar-refractivity contribution is -0.292. The van der Waals surface area contributed by atoms with Crippen molar-refractivity contribution in [3.63, 3.8) is 0 Å². The van der Waals surface area contributed by atoms with Crippen molar-refractivity contribution in [2.24, 2.45) is 38.4 Å². The van der Waals surface area contributed by atoms with Crippen molar-refractivity contribution >= 4 is 0 Å². The summed E-state index contributed by atoms with van der Waals surface area (Å²) in [7, 11) is 0. The van der Waals surface area contributed by atoms with E-state index in [4.69, 9.17) is 0 Å². The molecule has 0 unspecified atom stereocenters. The lowest BCUT2D eigenvalue weighted by atomic mass is 9.27. The number of aliphatic hydroxyl groups excluding tert-OH is 2. The van der Waals surface area contributed by atoms with Crippen LogP contribution in [-0.4, -0.2) is 27.4 Å². The first kappa shape index (κ1) is 22.8. The van der Waals surface area contributed by atoms with Gasteiger partial charge < -0.3 is 10.2 Å². The summed E-state index contributed by atoms with van der Waals surface area (Å²) >= 11 is 0. The molecule has 0 aliphatic heterocycles. The zero-order chi connectivity index (χ0) is 23.2. The van der Waals surface area contributed by atoms with Gasteiger partial charge in [-0.15, -0.1) is 0 Å². The fourth-order valence-electron chi connectivity index (χ4n) is 10.2. The van der Waals surface area contributed by atoms with Crippen LogP contribution in [0.4, 0.5) is 0 Å². The van der Waals surface area contributed by atoms with E-state index >= 15 is 0 Å². The van der Waals surface area contributed by atoms with Gasteiger partial charge in [-0.05, 0) is 108 Å². The highest BCUT2D eigenvalue weighted by Gasteiger charge is 2.77. The monoisotopic (exact) mass is 439 g/mol. The minimum absolute atomic E-state index is 0.0566. The van der Waals surface area contributed by atoms with Crippen LogP contribution in [0, 0.1) is 38.4 Å². The van der Waals surface area contributed by atoms with E-state index in [1.165, 1.54) is 19.3 Å². The first-order valence-electron chi connectivity index (χ1n) is 13.1. The predicted molar refractivity (Wildman–Crippen MR) is 129 cm³/mol. The Morgan fingerprint density at radius 3 is 2.19 bits per heavy atom. The zero-order valence-corrected chi connectivity index (χ0v) is 21.2. The number of hydrogen-bond acceptors (Lipinski definition) is 3. The van der Waals surface area contributed by atoms with Crippen molar-refractivity contribution < 1.29 is 10.2 Å². The van der Waals surface area contributed by atoms with Crippen LogP contribution in [0.5, 0.6) is 0 Å². The van der Waals surface area contributed by atoms with Crippen molar-refractivity contribution in [1.82, 2.24) is 4.98 Å². The van der Waals surface area contributed by atoms with E-state index in [2.05, 4.69) is 58.7 Å². The SMILES string of the molecule is C[C@@]12CC[C@]3(C)[C@](C)(CC[C@]4(C)[C@H](O)[C@@H](Cc5ccccn5)C[C@@]34C)[C@@]1(C)CC[C@H](O)C2. The molecule has 0 saturated heterocycles. The maximum absolute atomic E-state index is 11.8. The highest BCUT2D eigenvalue weighted by Crippen LogP contribution is 2.83. The molecule has 4 fully saturated rings. The Hall–Kier alpha value is -0.930. The van der Waals surface area contributed by atoms with Crippen molar-refractivity contribution in [2.45, 2.75) is 112 Å². The molecular formula is C29H45NO2. The van der Waals surface area contributed by atoms with E-state index < -0.39 is 0 Å². The molecule has 0 aromatic carbocycles. The van der Waals surface area contributed by atoms with Gasteiger partial charge in [0.2, 0.25) is 0 Å². The summed E-state index contributed by atoms with van der Waals surface area (Å²) in [6.45, 7) is 15.2. The van der Waals surface area contributed by atoms with Gasteiger partial charge >= 0.3 is 0 Å². The van der Waals surface area contributed by atoms with Crippen LogP contribution in [0.2, 0.25) is 0 Å². The average Bonchev–Trinajstić information content (AvgIpc) is 2.95. The standard InChI is InChI=1S/C29H45NO2/c1-24-12-14-28(5)27(4,26(24,3)11-10-22(31)19-24)15-13-25(2)23(32)20(18-29(25,28)6)17-21-9-7-8-16-30-21/h7-9,16,20,22-23,31-32H,10-15,17-19H2,1-6H3/t20-,22-,23+,24-,25+,26-,27+,28+,29+/m0/s1. The molecule has 3 heteroatoms. The van der Waals surface area contributed by atoms with E-state index in [1.54, 1.807) is 0 Å². The van der Waals surface area contributed by atoms with Crippen LogP contribution in [0.1, 0.15) is 98.6 Å². The van der Waals surface area contributed by atoms with Gasteiger partial charge in [-0.3, -0.25) is 4.98 Å². The first-order chi connectivity index (χ1) is 14.9. The van der Waals surface area contributed by atoms with Gasteiger partial charge in [0.1, 0.15) is 0 Å². The average molecular weight is 440 g/mol. The normalized spacial score (nSPS) is 55.1. The molecular weight excluding hydrogens is 394 g/mol. The number of nitrogens with zero attached hydrogens (tertiary/aromatic N) is 1. The molecule has 1 aromatic heterocycles. The fourth-order valence-corrected chi connectivity index (χ4v) is 10.2. The molecule has 4 aliphatic carbocycles. The minimum atomic E-state index is -0.273. The predicted octanol–water partition coefficient (Wildman–Crippen LogP) is 6.18. The molecule has 0 bridgehead atoms. The molecule has 0 radical (unpaired) electrons. The van der Waals surface area contributed by atoms with Gasteiger partial charge in [0.25, 0.3) is 0 Å². The summed E-state index contributed by atoms with van der Waals surface area (Å²) in [6, 6.07) is 6.16. The number of fused-ring (bicyclic) bond motifs is 5. The summed E-state index contributed by atoms with van der Waals surface area (Å²) in [5.74, 6) is 0.272. The largest absolute Gasteiger partial charge is 0.393 e. The molecule has 32 heavy (non-hydrogen) atoms. The molecule has 5 rings (SSSR count). The van der Waals surface area contributed by atoms with Crippen LogP contribution < -0.4 is 0 Å². The van der Waals surface area contributed by atoms with Gasteiger partial charge in [-0.25, -0.2) is 0 Å². The molecule has 3 nitrogen and oxygen atoms in total. The molecule has 0 spiro atoms. The highest BCUT2D eigenvalue weighted by atomic mass is 16.3. The Labute approximate surface area is 195 Å². The molecule has 4 aliphatic rings. The Morgan fingerprint density at radius 1 is 0.812 bits per heavy atom. The number of pyridine rings is 1. The van der Waals surface area contributed by atoms with Gasteiger partial charge in [-0.1, -0.05) is 47.6 Å². The highest BCUT2D eigenvalue weighted by molar-refractivity contribution is 5.26. The Balaban J connectivity index is 1.56. The van der Waals surface area contributed by atoms with Gasteiger partial charge in [-0.2, -0.15) is 0 Å².